The van der Waals surface area contributed by atoms with E-state index >= 15 is 0 Å². The normalized spacial score (nSPS) is 14.1. The summed E-state index contributed by atoms with van der Waals surface area (Å²) in [5, 5.41) is 15.9. The molecule has 0 spiro atoms. The molecule has 1 fully saturated rings. The van der Waals surface area contributed by atoms with Gasteiger partial charge in [-0.1, -0.05) is 23.8 Å². The minimum absolute atomic E-state index is 0.0819. The molecule has 40 heavy (non-hydrogen) atoms. The second-order valence-corrected chi connectivity index (χ2v) is 9.33. The van der Waals surface area contributed by atoms with Gasteiger partial charge in [-0.3, -0.25) is 29.8 Å². The lowest BCUT2D eigenvalue weighted by molar-refractivity contribution is -0.384. The minimum Gasteiger partial charge on any atom is -0.493 e. The lowest BCUT2D eigenvalue weighted by atomic mass is 10.1. The molecule has 2 N–H and O–H groups in total. The average molecular weight is 609 g/mol. The number of halogens is 1. The van der Waals surface area contributed by atoms with Crippen molar-refractivity contribution in [3.8, 4) is 11.5 Å². The standard InChI is InChI=1S/C27H21BrN4O8/c1-15-6-8-17(9-7-15)29-23(33)14-40-24-21(28)11-16(12-22(24)39-2)10-20-25(34)30-27(36)31(26(20)35)18-4-3-5-19(13-18)32(37)38/h3-13H,14H2,1-2H3,(H,29,33)(H,30,34,36)/b20-10+. The van der Waals surface area contributed by atoms with Crippen molar-refractivity contribution in [2.45, 2.75) is 6.92 Å². The van der Waals surface area contributed by atoms with Gasteiger partial charge in [-0.05, 0) is 64.8 Å². The van der Waals surface area contributed by atoms with Crippen LogP contribution < -0.4 is 25.0 Å². The zero-order valence-corrected chi connectivity index (χ0v) is 22.7. The first kappa shape index (κ1) is 28.0. The van der Waals surface area contributed by atoms with Crippen molar-refractivity contribution in [3.05, 3.63) is 92.0 Å². The second kappa shape index (κ2) is 11.8. The van der Waals surface area contributed by atoms with Crippen LogP contribution in [0.3, 0.4) is 0 Å². The van der Waals surface area contributed by atoms with Crippen LogP contribution in [0, 0.1) is 17.0 Å². The van der Waals surface area contributed by atoms with E-state index in [1.165, 1.54) is 43.5 Å². The van der Waals surface area contributed by atoms with Crippen LogP contribution in [0.25, 0.3) is 6.08 Å². The minimum atomic E-state index is -1.04. The number of ether oxygens (including phenoxy) is 2. The number of benzene rings is 3. The zero-order chi connectivity index (χ0) is 29.0. The molecule has 12 nitrogen and oxygen atoms in total. The number of nitrogens with one attached hydrogen (secondary N) is 2. The molecule has 0 bridgehead atoms. The summed E-state index contributed by atoms with van der Waals surface area (Å²) in [7, 11) is 1.37. The van der Waals surface area contributed by atoms with Crippen LogP contribution in [-0.4, -0.2) is 42.4 Å². The lowest BCUT2D eigenvalue weighted by Gasteiger charge is -2.26. The molecule has 0 atom stereocenters. The highest BCUT2D eigenvalue weighted by molar-refractivity contribution is 9.10. The maximum atomic E-state index is 13.2. The third kappa shape index (κ3) is 6.15. The first-order valence-electron chi connectivity index (χ1n) is 11.6. The predicted octanol–water partition coefficient (Wildman–Crippen LogP) is 4.36. The van der Waals surface area contributed by atoms with Gasteiger partial charge < -0.3 is 14.8 Å². The number of nitrogens with zero attached hydrogens (tertiary/aromatic N) is 2. The third-order valence-electron chi connectivity index (χ3n) is 5.65. The van der Waals surface area contributed by atoms with Crippen molar-refractivity contribution >= 4 is 62.8 Å². The SMILES string of the molecule is COc1cc(/C=C2\C(=O)NC(=O)N(c3cccc([N+](=O)[O-])c3)C2=O)cc(Br)c1OCC(=O)Nc1ccc(C)cc1. The van der Waals surface area contributed by atoms with Gasteiger partial charge in [0.25, 0.3) is 23.4 Å². The molecule has 0 aliphatic carbocycles. The van der Waals surface area contributed by atoms with E-state index in [-0.39, 0.29) is 29.5 Å². The van der Waals surface area contributed by atoms with Crippen LogP contribution >= 0.6 is 15.9 Å². The molecule has 4 rings (SSSR count). The number of anilines is 2. The van der Waals surface area contributed by atoms with Crippen LogP contribution in [0.5, 0.6) is 11.5 Å². The highest BCUT2D eigenvalue weighted by Gasteiger charge is 2.37. The van der Waals surface area contributed by atoms with Crippen molar-refractivity contribution < 1.29 is 33.6 Å². The molecular formula is C27H21BrN4O8. The van der Waals surface area contributed by atoms with E-state index in [0.717, 1.165) is 11.6 Å². The molecule has 0 saturated carbocycles. The number of non-ortho nitro benzene ring substituents is 1. The number of methoxy groups -OCH3 is 1. The number of hydrogen-bond donors (Lipinski definition) is 2. The van der Waals surface area contributed by atoms with Gasteiger partial charge in [0.15, 0.2) is 18.1 Å². The number of rotatable bonds is 8. The Balaban J connectivity index is 1.57. The fourth-order valence-corrected chi connectivity index (χ4v) is 4.31. The second-order valence-electron chi connectivity index (χ2n) is 8.47. The monoisotopic (exact) mass is 608 g/mol. The summed E-state index contributed by atoms with van der Waals surface area (Å²) in [6.45, 7) is 1.60. The fourth-order valence-electron chi connectivity index (χ4n) is 3.74. The number of urea groups is 1. The fraction of sp³-hybridized carbons (Fsp3) is 0.111. The van der Waals surface area contributed by atoms with Crippen LogP contribution in [0.4, 0.5) is 21.9 Å². The summed E-state index contributed by atoms with van der Waals surface area (Å²) >= 11 is 3.36. The van der Waals surface area contributed by atoms with Crippen LogP contribution in [0.1, 0.15) is 11.1 Å². The number of nitro benzene ring substituents is 1. The maximum absolute atomic E-state index is 13.2. The van der Waals surface area contributed by atoms with Gasteiger partial charge >= 0.3 is 6.03 Å². The highest BCUT2D eigenvalue weighted by Crippen LogP contribution is 2.37. The van der Waals surface area contributed by atoms with E-state index in [9.17, 15) is 29.3 Å². The zero-order valence-electron chi connectivity index (χ0n) is 21.1. The molecule has 1 heterocycles. The lowest BCUT2D eigenvalue weighted by Crippen LogP contribution is -2.54. The van der Waals surface area contributed by atoms with Crippen LogP contribution in [-0.2, 0) is 14.4 Å². The van der Waals surface area contributed by atoms with Gasteiger partial charge in [0.2, 0.25) is 0 Å². The predicted molar refractivity (Wildman–Crippen MR) is 148 cm³/mol. The molecule has 3 aromatic rings. The van der Waals surface area contributed by atoms with Crippen molar-refractivity contribution in [2.75, 3.05) is 23.9 Å². The van der Waals surface area contributed by atoms with Crippen molar-refractivity contribution in [3.63, 3.8) is 0 Å². The quantitative estimate of drug-likeness (QED) is 0.165. The summed E-state index contributed by atoms with van der Waals surface area (Å²) in [6, 6.07) is 14.1. The smallest absolute Gasteiger partial charge is 0.335 e. The van der Waals surface area contributed by atoms with Crippen LogP contribution in [0.2, 0.25) is 0 Å². The Morgan fingerprint density at radius 1 is 1.12 bits per heavy atom. The molecule has 0 aromatic heterocycles. The van der Waals surface area contributed by atoms with Crippen LogP contribution in [0.15, 0.2) is 70.7 Å². The Bertz CT molecular complexity index is 1570. The Kier molecular flexibility index (Phi) is 8.24. The average Bonchev–Trinajstić information content (AvgIpc) is 2.91. The summed E-state index contributed by atoms with van der Waals surface area (Å²) in [5.41, 5.74) is 1.17. The van der Waals surface area contributed by atoms with Gasteiger partial charge in [0, 0.05) is 17.8 Å². The number of imide groups is 2. The van der Waals surface area contributed by atoms with E-state index in [1.807, 2.05) is 19.1 Å². The topological polar surface area (TPSA) is 157 Å². The van der Waals surface area contributed by atoms with Gasteiger partial charge in [-0.25, -0.2) is 9.69 Å². The summed E-state index contributed by atoms with van der Waals surface area (Å²) in [5.74, 6) is -1.92. The molecule has 1 aliphatic rings. The number of hydrogen-bond acceptors (Lipinski definition) is 8. The van der Waals surface area contributed by atoms with Crippen molar-refractivity contribution in [1.29, 1.82) is 0 Å². The highest BCUT2D eigenvalue weighted by atomic mass is 79.9. The molecule has 13 heteroatoms. The van der Waals surface area contributed by atoms with E-state index in [0.29, 0.717) is 20.6 Å². The number of carbonyl (C=O) groups excluding carboxylic acids is 4. The van der Waals surface area contributed by atoms with Gasteiger partial charge in [0.1, 0.15) is 5.57 Å². The van der Waals surface area contributed by atoms with Gasteiger partial charge in [0.05, 0.1) is 22.2 Å². The maximum Gasteiger partial charge on any atom is 0.335 e. The molecule has 0 unspecified atom stereocenters. The molecule has 5 amide bonds. The van der Waals surface area contributed by atoms with E-state index in [2.05, 4.69) is 26.6 Å². The first-order valence-corrected chi connectivity index (χ1v) is 12.4. The number of nitro groups is 1. The molecule has 204 valence electrons. The summed E-state index contributed by atoms with van der Waals surface area (Å²) in [4.78, 5) is 61.7. The van der Waals surface area contributed by atoms with E-state index in [4.69, 9.17) is 9.47 Å². The summed E-state index contributed by atoms with van der Waals surface area (Å²) in [6.07, 6.45) is 1.23. The Morgan fingerprint density at radius 3 is 2.52 bits per heavy atom. The number of barbiturate groups is 1. The Morgan fingerprint density at radius 2 is 1.85 bits per heavy atom. The molecule has 3 aromatic carbocycles. The number of carbonyl (C=O) groups is 4. The third-order valence-corrected chi connectivity index (χ3v) is 6.24. The van der Waals surface area contributed by atoms with Gasteiger partial charge in [-0.15, -0.1) is 0 Å². The molecule has 0 radical (unpaired) electrons. The molecular weight excluding hydrogens is 588 g/mol. The Hall–Kier alpha value is -5.04. The van der Waals surface area contributed by atoms with Crippen molar-refractivity contribution in [2.24, 2.45) is 0 Å². The Labute approximate surface area is 235 Å². The number of amides is 5. The van der Waals surface area contributed by atoms with E-state index in [1.54, 1.807) is 12.1 Å². The number of aryl methyl sites for hydroxylation is 1. The van der Waals surface area contributed by atoms with Crippen molar-refractivity contribution in [1.82, 2.24) is 5.32 Å². The van der Waals surface area contributed by atoms with E-state index < -0.39 is 34.2 Å². The summed E-state index contributed by atoms with van der Waals surface area (Å²) < 4.78 is 11.4. The van der Waals surface area contributed by atoms with Gasteiger partial charge in [-0.2, -0.15) is 0 Å². The molecule has 1 saturated heterocycles. The largest absolute Gasteiger partial charge is 0.493 e. The molecule has 1 aliphatic heterocycles. The first-order chi connectivity index (χ1) is 19.1.